The quantitative estimate of drug-likeness (QED) is 0.301. The van der Waals surface area contributed by atoms with Gasteiger partial charge in [0.2, 0.25) is 0 Å². The number of hydrogen-bond donors (Lipinski definition) is 2. The minimum Gasteiger partial charge on any atom is -0.462 e. The Balaban J connectivity index is 3.00. The molecular formula is C29H57NO6. The second-order valence-corrected chi connectivity index (χ2v) is 12.0. The van der Waals surface area contributed by atoms with Crippen molar-refractivity contribution in [2.45, 2.75) is 137 Å². The fourth-order valence-corrected chi connectivity index (χ4v) is 5.64. The van der Waals surface area contributed by atoms with E-state index in [2.05, 4.69) is 46.7 Å². The summed E-state index contributed by atoms with van der Waals surface area (Å²) in [7, 11) is 4.17. The van der Waals surface area contributed by atoms with Gasteiger partial charge in [-0.25, -0.2) is 0 Å². The van der Waals surface area contributed by atoms with Gasteiger partial charge in [-0.2, -0.15) is 0 Å². The van der Waals surface area contributed by atoms with E-state index in [0.717, 1.165) is 19.3 Å². The van der Waals surface area contributed by atoms with Gasteiger partial charge in [0, 0.05) is 24.3 Å². The number of ether oxygens (including phenoxy) is 3. The molecule has 0 saturated carbocycles. The monoisotopic (exact) mass is 515 g/mol. The summed E-state index contributed by atoms with van der Waals surface area (Å²) in [4.78, 5) is 15.3. The van der Waals surface area contributed by atoms with Crippen molar-refractivity contribution in [3.8, 4) is 0 Å². The van der Waals surface area contributed by atoms with Crippen LogP contribution in [0.5, 0.6) is 0 Å². The second-order valence-electron chi connectivity index (χ2n) is 12.0. The summed E-state index contributed by atoms with van der Waals surface area (Å²) >= 11 is 0. The van der Waals surface area contributed by atoms with Crippen molar-refractivity contribution in [2.75, 3.05) is 14.1 Å². The number of aliphatic hydroxyl groups excluding tert-OH is 2. The van der Waals surface area contributed by atoms with Crippen LogP contribution in [0.4, 0.5) is 0 Å². The Kier molecular flexibility index (Phi) is 14.5. The van der Waals surface area contributed by atoms with E-state index in [1.807, 2.05) is 27.7 Å². The number of aliphatic hydroxyl groups is 2. The normalized spacial score (nSPS) is 27.7. The van der Waals surface area contributed by atoms with Gasteiger partial charge in [-0.1, -0.05) is 48.5 Å². The molecule has 1 aliphatic heterocycles. The molecule has 0 amide bonds. The van der Waals surface area contributed by atoms with Crippen molar-refractivity contribution in [1.82, 2.24) is 4.90 Å². The fourth-order valence-electron chi connectivity index (χ4n) is 5.64. The smallest absolute Gasteiger partial charge is 0.311 e. The molecule has 2 N–H and O–H groups in total. The summed E-state index contributed by atoms with van der Waals surface area (Å²) in [6.45, 7) is 18.1. The Morgan fingerprint density at radius 3 is 2.11 bits per heavy atom. The predicted octanol–water partition coefficient (Wildman–Crippen LogP) is 4.87. The molecule has 0 bridgehead atoms. The third kappa shape index (κ3) is 9.86. The number of carbonyl (C=O) groups is 1. The maximum atomic E-state index is 13.1. The molecule has 36 heavy (non-hydrogen) atoms. The van der Waals surface area contributed by atoms with Crippen LogP contribution in [0.25, 0.3) is 0 Å². The van der Waals surface area contributed by atoms with Gasteiger partial charge < -0.3 is 29.3 Å². The van der Waals surface area contributed by atoms with E-state index in [9.17, 15) is 15.0 Å². The molecule has 0 aromatic heterocycles. The zero-order chi connectivity index (χ0) is 27.7. The Morgan fingerprint density at radius 2 is 1.61 bits per heavy atom. The van der Waals surface area contributed by atoms with Gasteiger partial charge in [0.15, 0.2) is 6.29 Å². The lowest BCUT2D eigenvalue weighted by Gasteiger charge is -2.42. The lowest BCUT2D eigenvalue weighted by atomic mass is 9.81. The lowest BCUT2D eigenvalue weighted by Crippen LogP contribution is -2.48. The summed E-state index contributed by atoms with van der Waals surface area (Å²) in [5.41, 5.74) is 0. The molecule has 0 aromatic carbocycles. The number of esters is 1. The second kappa shape index (κ2) is 15.6. The molecule has 1 rings (SSSR count). The first kappa shape index (κ1) is 33.3. The van der Waals surface area contributed by atoms with Crippen LogP contribution < -0.4 is 0 Å². The molecule has 11 atom stereocenters. The molecule has 0 radical (unpaired) electrons. The zero-order valence-electron chi connectivity index (χ0n) is 24.9. The highest BCUT2D eigenvalue weighted by atomic mass is 16.7. The molecule has 9 unspecified atom stereocenters. The standard InChI is InChI=1S/C29H57NO6/c1-12-24(31)20(7)25(13-2)35-29(33)22(9)27(32)21(8)28(18(5)14-17(3)4)36-26-16-23(30(10)11)15-19(6)34-26/h17-28,31-32H,12-16H2,1-11H3/t18?,19?,20?,21?,22?,23-,24+,25?,26?,27?,28?/m0/s1. The van der Waals surface area contributed by atoms with Crippen LogP contribution in [-0.2, 0) is 19.0 Å². The van der Waals surface area contributed by atoms with E-state index >= 15 is 0 Å². The maximum absolute atomic E-state index is 13.1. The highest BCUT2D eigenvalue weighted by Gasteiger charge is 2.40. The number of hydrogen-bond acceptors (Lipinski definition) is 7. The van der Waals surface area contributed by atoms with Crippen LogP contribution >= 0.6 is 0 Å². The average Bonchev–Trinajstić information content (AvgIpc) is 2.82. The summed E-state index contributed by atoms with van der Waals surface area (Å²) in [6, 6.07) is 0.375. The van der Waals surface area contributed by atoms with Crippen molar-refractivity contribution in [1.29, 1.82) is 0 Å². The van der Waals surface area contributed by atoms with Crippen LogP contribution in [0.15, 0.2) is 0 Å². The molecule has 0 aromatic rings. The molecule has 1 fully saturated rings. The van der Waals surface area contributed by atoms with Gasteiger partial charge in [-0.3, -0.25) is 4.79 Å². The molecule has 0 spiro atoms. The van der Waals surface area contributed by atoms with Crippen molar-refractivity contribution < 1.29 is 29.2 Å². The molecule has 0 aliphatic carbocycles. The van der Waals surface area contributed by atoms with Crippen LogP contribution in [0.3, 0.4) is 0 Å². The molecule has 1 heterocycles. The average molecular weight is 516 g/mol. The number of carbonyl (C=O) groups excluding carboxylic acids is 1. The third-order valence-electron chi connectivity index (χ3n) is 8.12. The van der Waals surface area contributed by atoms with Crippen LogP contribution in [0, 0.1) is 29.6 Å². The first-order chi connectivity index (χ1) is 16.7. The first-order valence-electron chi connectivity index (χ1n) is 14.3. The van der Waals surface area contributed by atoms with Gasteiger partial charge >= 0.3 is 5.97 Å². The molecule has 7 nitrogen and oxygen atoms in total. The Bertz CT molecular complexity index is 629. The van der Waals surface area contributed by atoms with Crippen molar-refractivity contribution in [2.24, 2.45) is 29.6 Å². The van der Waals surface area contributed by atoms with Crippen molar-refractivity contribution in [3.05, 3.63) is 0 Å². The van der Waals surface area contributed by atoms with E-state index in [1.165, 1.54) is 0 Å². The lowest BCUT2D eigenvalue weighted by molar-refractivity contribution is -0.243. The predicted molar refractivity (Wildman–Crippen MR) is 145 cm³/mol. The fraction of sp³-hybridized carbons (Fsp3) is 0.966. The molecule has 214 valence electrons. The Morgan fingerprint density at radius 1 is 1.00 bits per heavy atom. The van der Waals surface area contributed by atoms with Gasteiger partial charge in [-0.15, -0.1) is 0 Å². The van der Waals surface area contributed by atoms with Crippen molar-refractivity contribution >= 4 is 5.97 Å². The summed E-state index contributed by atoms with van der Waals surface area (Å²) in [5.74, 6) is -0.934. The molecule has 7 heteroatoms. The van der Waals surface area contributed by atoms with E-state index < -0.39 is 24.1 Å². The number of rotatable bonds is 15. The molecule has 1 saturated heterocycles. The van der Waals surface area contributed by atoms with E-state index in [4.69, 9.17) is 14.2 Å². The van der Waals surface area contributed by atoms with E-state index in [0.29, 0.717) is 24.8 Å². The van der Waals surface area contributed by atoms with Crippen LogP contribution in [-0.4, -0.2) is 78.0 Å². The third-order valence-corrected chi connectivity index (χ3v) is 8.12. The van der Waals surface area contributed by atoms with Gasteiger partial charge in [0.1, 0.15) is 6.10 Å². The molecular weight excluding hydrogens is 458 g/mol. The zero-order valence-corrected chi connectivity index (χ0v) is 24.9. The highest BCUT2D eigenvalue weighted by Crippen LogP contribution is 2.33. The van der Waals surface area contributed by atoms with E-state index in [1.54, 1.807) is 6.92 Å². The minimum absolute atomic E-state index is 0.0952. The highest BCUT2D eigenvalue weighted by molar-refractivity contribution is 5.73. The summed E-state index contributed by atoms with van der Waals surface area (Å²) < 4.78 is 18.6. The van der Waals surface area contributed by atoms with Gasteiger partial charge in [-0.05, 0) is 65.5 Å². The molecule has 1 aliphatic rings. The van der Waals surface area contributed by atoms with Gasteiger partial charge in [0.25, 0.3) is 0 Å². The van der Waals surface area contributed by atoms with Crippen LogP contribution in [0.2, 0.25) is 0 Å². The topological polar surface area (TPSA) is 88.5 Å². The SMILES string of the molecule is CCC(OC(=O)C(C)C(O)C(C)C(OC1C[C@@H](N(C)C)CC(C)O1)C(C)CC(C)C)C(C)[C@H](O)CC. The first-order valence-corrected chi connectivity index (χ1v) is 14.3. The van der Waals surface area contributed by atoms with Crippen molar-refractivity contribution in [3.63, 3.8) is 0 Å². The minimum atomic E-state index is -0.924. The largest absolute Gasteiger partial charge is 0.462 e. The Labute approximate surface area is 221 Å². The van der Waals surface area contributed by atoms with Gasteiger partial charge in [0.05, 0.1) is 30.3 Å². The summed E-state index contributed by atoms with van der Waals surface area (Å²) in [5, 5.41) is 21.6. The number of nitrogens with zero attached hydrogens (tertiary/aromatic N) is 1. The van der Waals surface area contributed by atoms with Crippen LogP contribution in [0.1, 0.15) is 94.4 Å². The summed E-state index contributed by atoms with van der Waals surface area (Å²) in [6.07, 6.45) is 1.55. The maximum Gasteiger partial charge on any atom is 0.311 e. The Hall–Kier alpha value is -0.730. The van der Waals surface area contributed by atoms with E-state index in [-0.39, 0.29) is 42.4 Å².